The van der Waals surface area contributed by atoms with Gasteiger partial charge >= 0.3 is 8.25 Å². The average Bonchev–Trinajstić information content (AvgIpc) is 1.68. The Morgan fingerprint density at radius 2 is 2.00 bits per heavy atom. The van der Waals surface area contributed by atoms with Gasteiger partial charge in [0.15, 0.2) is 0 Å². The largest absolute Gasteiger partial charge is 0.318 e. The van der Waals surface area contributed by atoms with Crippen LogP contribution in [-0.4, -0.2) is 13.7 Å². The van der Waals surface area contributed by atoms with Crippen molar-refractivity contribution in [2.45, 2.75) is 14.4 Å². The van der Waals surface area contributed by atoms with Gasteiger partial charge in [-0.15, -0.1) is 0 Å². The van der Waals surface area contributed by atoms with Crippen LogP contribution in [-0.2, 0) is 46.3 Å². The van der Waals surface area contributed by atoms with Gasteiger partial charge < -0.3 is 9.05 Å². The molecule has 1 atom stereocenters. The molecule has 0 N–H and O–H groups in total. The molecule has 3 nitrogen and oxygen atoms in total. The Labute approximate surface area is 82.3 Å². The van der Waals surface area contributed by atoms with Gasteiger partial charge in [-0.25, -0.2) is 0 Å². The van der Waals surface area contributed by atoms with Gasteiger partial charge in [0.1, 0.15) is 0 Å². The third-order valence-electron chi connectivity index (χ3n) is 0.429. The summed E-state index contributed by atoms with van der Waals surface area (Å²) in [6, 6.07) is 0. The van der Waals surface area contributed by atoms with Gasteiger partial charge in [-0.3, -0.25) is 4.57 Å². The minimum Gasteiger partial charge on any atom is -0.314 e. The second-order valence-corrected chi connectivity index (χ2v) is 2.08. The van der Waals surface area contributed by atoms with E-state index in [-0.39, 0.29) is 40.1 Å². The van der Waals surface area contributed by atoms with E-state index in [1.807, 2.05) is 0 Å². The minimum absolute atomic E-state index is 0. The van der Waals surface area contributed by atoms with Gasteiger partial charge in [0, 0.05) is 39.8 Å². The van der Waals surface area contributed by atoms with Crippen LogP contribution in [0.5, 0.6) is 0 Å². The third kappa shape index (κ3) is 12.4. The van der Waals surface area contributed by atoms with Crippen LogP contribution in [0.1, 0.15) is 14.4 Å². The van der Waals surface area contributed by atoms with E-state index in [4.69, 9.17) is 0 Å². The first kappa shape index (κ1) is 16.7. The molecule has 0 aliphatic heterocycles. The smallest absolute Gasteiger partial charge is 0.314 e. The number of hydrogen-bond donors (Lipinski definition) is 0. The molecule has 0 bridgehead atoms. The third-order valence-corrected chi connectivity index (χ3v) is 1.29. The van der Waals surface area contributed by atoms with E-state index >= 15 is 0 Å². The maximum absolute atomic E-state index is 10.2. The van der Waals surface area contributed by atoms with Crippen molar-refractivity contribution in [2.24, 2.45) is 0 Å². The number of hydrogen-bond acceptors (Lipinski definition) is 3. The second-order valence-electron chi connectivity index (χ2n) is 0.887. The summed E-state index contributed by atoms with van der Waals surface area (Å²) in [5.41, 5.74) is 0. The zero-order chi connectivity index (χ0) is 5.70. The molecular formula is C4H13O3PY. The van der Waals surface area contributed by atoms with Crippen molar-refractivity contribution in [3.05, 3.63) is 0 Å². The molecule has 0 saturated heterocycles. The van der Waals surface area contributed by atoms with Crippen molar-refractivity contribution in [3.63, 3.8) is 0 Å². The first-order chi connectivity index (χ1) is 3.31. The Morgan fingerprint density at radius 1 is 1.56 bits per heavy atom. The molecule has 0 aliphatic carbocycles. The van der Waals surface area contributed by atoms with Crippen LogP contribution < -0.4 is 0 Å². The van der Waals surface area contributed by atoms with Crippen LogP contribution in [0.4, 0.5) is 0 Å². The van der Waals surface area contributed by atoms with Crippen molar-refractivity contribution in [2.75, 3.05) is 13.7 Å². The first-order valence-corrected chi connectivity index (χ1v) is 3.24. The van der Waals surface area contributed by atoms with Gasteiger partial charge in [0.2, 0.25) is 0 Å². The van der Waals surface area contributed by atoms with Crippen LogP contribution >= 0.6 is 8.25 Å². The molecule has 0 fully saturated rings. The van der Waals surface area contributed by atoms with Crippen molar-refractivity contribution < 1.29 is 46.3 Å². The summed E-state index contributed by atoms with van der Waals surface area (Å²) in [5.74, 6) is 0. The molecular weight excluding hydrogens is 216 g/mol. The predicted molar refractivity (Wildman–Crippen MR) is 34.4 cm³/mol. The molecule has 1 unspecified atom stereocenters. The van der Waals surface area contributed by atoms with Crippen LogP contribution in [0.3, 0.4) is 0 Å². The maximum atomic E-state index is 10.2. The summed E-state index contributed by atoms with van der Waals surface area (Å²) in [6.45, 7) is 2.22. The van der Waals surface area contributed by atoms with Crippen molar-refractivity contribution in [1.29, 1.82) is 0 Å². The summed E-state index contributed by atoms with van der Waals surface area (Å²) in [7, 11) is -0.772. The fourth-order valence-corrected chi connectivity index (χ4v) is 0.530. The number of rotatable bonds is 3. The van der Waals surface area contributed by atoms with Gasteiger partial charge in [-0.1, -0.05) is 7.43 Å². The molecule has 0 rings (SSSR count). The topological polar surface area (TPSA) is 35.5 Å². The van der Waals surface area contributed by atoms with E-state index in [9.17, 15) is 4.57 Å². The standard InChI is InChI=1S/C3H9O3P.CH4.Y/c1-3-6-7(4)5-2;;/h7H,3H2,1-2H3;1H4;. The van der Waals surface area contributed by atoms with Crippen molar-refractivity contribution in [3.8, 4) is 0 Å². The van der Waals surface area contributed by atoms with E-state index in [0.29, 0.717) is 6.61 Å². The molecule has 0 aromatic carbocycles. The molecule has 0 aliphatic rings. The molecule has 55 valence electrons. The van der Waals surface area contributed by atoms with Gasteiger partial charge in [0.25, 0.3) is 0 Å². The minimum atomic E-state index is -2.13. The fourth-order valence-electron chi connectivity index (χ4n) is 0.177. The Morgan fingerprint density at radius 3 is 2.11 bits per heavy atom. The quantitative estimate of drug-likeness (QED) is 0.690. The summed E-state index contributed by atoms with van der Waals surface area (Å²) in [5, 5.41) is 0. The van der Waals surface area contributed by atoms with Crippen LogP contribution in [0, 0.1) is 0 Å². The molecule has 0 aromatic rings. The normalized spacial score (nSPS) is 10.9. The maximum Gasteiger partial charge on any atom is 0.318 e. The molecule has 0 amide bonds. The van der Waals surface area contributed by atoms with Crippen LogP contribution in [0.15, 0.2) is 0 Å². The molecule has 0 spiro atoms. The summed E-state index contributed by atoms with van der Waals surface area (Å²) in [6.07, 6.45) is 0. The summed E-state index contributed by atoms with van der Waals surface area (Å²) in [4.78, 5) is 0. The Hall–Kier alpha value is 1.25. The van der Waals surface area contributed by atoms with Gasteiger partial charge in [-0.2, -0.15) is 0 Å². The summed E-state index contributed by atoms with van der Waals surface area (Å²) < 4.78 is 19.0. The molecule has 1 radical (unpaired) electrons. The van der Waals surface area contributed by atoms with Gasteiger partial charge in [-0.05, 0) is 6.92 Å². The Kier molecular flexibility index (Phi) is 22.2. The van der Waals surface area contributed by atoms with Crippen molar-refractivity contribution in [1.82, 2.24) is 0 Å². The van der Waals surface area contributed by atoms with Crippen molar-refractivity contribution >= 4 is 8.25 Å². The molecule has 0 saturated carbocycles. The predicted octanol–water partition coefficient (Wildman–Crippen LogP) is 1.69. The van der Waals surface area contributed by atoms with E-state index in [1.54, 1.807) is 6.92 Å². The van der Waals surface area contributed by atoms with E-state index < -0.39 is 8.25 Å². The van der Waals surface area contributed by atoms with E-state index in [1.165, 1.54) is 7.11 Å². The van der Waals surface area contributed by atoms with E-state index in [0.717, 1.165) is 0 Å². The monoisotopic (exact) mass is 229 g/mol. The Balaban J connectivity index is -0.000000180. The average molecular weight is 229 g/mol. The first-order valence-electron chi connectivity index (χ1n) is 2.02. The zero-order valence-electron chi connectivity index (χ0n) is 5.01. The van der Waals surface area contributed by atoms with Gasteiger partial charge in [0.05, 0.1) is 6.61 Å². The second kappa shape index (κ2) is 12.0. The van der Waals surface area contributed by atoms with Crippen LogP contribution in [0.25, 0.3) is 0 Å². The molecule has 5 heteroatoms. The molecule has 9 heavy (non-hydrogen) atoms. The van der Waals surface area contributed by atoms with E-state index in [2.05, 4.69) is 9.05 Å². The molecule has 0 aromatic heterocycles. The zero-order valence-corrected chi connectivity index (χ0v) is 8.85. The molecule has 0 heterocycles. The van der Waals surface area contributed by atoms with Crippen LogP contribution in [0.2, 0.25) is 0 Å². The fraction of sp³-hybridized carbons (Fsp3) is 1.00. The summed E-state index contributed by atoms with van der Waals surface area (Å²) >= 11 is 0. The SMILES string of the molecule is C.CCO[PH](=O)OC.[Y]. The Bertz CT molecular complexity index is 68.8.